The van der Waals surface area contributed by atoms with E-state index in [1.165, 1.54) is 6.20 Å². The Balaban J connectivity index is 2.27. The Morgan fingerprint density at radius 2 is 2.10 bits per heavy atom. The fourth-order valence-electron chi connectivity index (χ4n) is 1.71. The van der Waals surface area contributed by atoms with E-state index < -0.39 is 0 Å². The molecule has 1 amide bonds. The number of aromatic nitrogens is 2. The number of nitrogens with one attached hydrogen (secondary N) is 1. The highest BCUT2D eigenvalue weighted by atomic mass is 16.1. The number of rotatable bonds is 2. The van der Waals surface area contributed by atoms with Gasteiger partial charge in [-0.3, -0.25) is 9.78 Å². The molecule has 0 spiro atoms. The molecule has 0 aliphatic heterocycles. The molecule has 0 bridgehead atoms. The fraction of sp³-hybridized carbons (Fsp3) is 0.188. The van der Waals surface area contributed by atoms with Crippen LogP contribution < -0.4 is 11.1 Å². The standard InChI is InChI=1S/C16H16N4O/c1-11-5-6-13(4-3-7-17)14(8-11)20-16(21)15-10-18-12(2)9-19-15/h5-6,8-10H,7,17H2,1-2H3,(H,20,21). The molecule has 5 nitrogen and oxygen atoms in total. The summed E-state index contributed by atoms with van der Waals surface area (Å²) in [5.41, 5.74) is 8.80. The van der Waals surface area contributed by atoms with Gasteiger partial charge in [0, 0.05) is 11.8 Å². The molecule has 0 saturated carbocycles. The van der Waals surface area contributed by atoms with Crippen molar-refractivity contribution in [3.63, 3.8) is 0 Å². The van der Waals surface area contributed by atoms with E-state index in [9.17, 15) is 4.79 Å². The Labute approximate surface area is 123 Å². The predicted octanol–water partition coefficient (Wildman–Crippen LogP) is 1.66. The lowest BCUT2D eigenvalue weighted by Crippen LogP contribution is -2.15. The molecule has 0 aliphatic carbocycles. The summed E-state index contributed by atoms with van der Waals surface area (Å²) in [7, 11) is 0. The zero-order valence-electron chi connectivity index (χ0n) is 12.0. The third kappa shape index (κ3) is 3.88. The van der Waals surface area contributed by atoms with Gasteiger partial charge in [0.25, 0.3) is 5.91 Å². The lowest BCUT2D eigenvalue weighted by Gasteiger charge is -2.08. The summed E-state index contributed by atoms with van der Waals surface area (Å²) in [6.45, 7) is 4.03. The highest BCUT2D eigenvalue weighted by Gasteiger charge is 2.10. The molecule has 0 aliphatic rings. The number of anilines is 1. The minimum atomic E-state index is -0.316. The highest BCUT2D eigenvalue weighted by Crippen LogP contribution is 2.17. The van der Waals surface area contributed by atoms with Gasteiger partial charge in [-0.2, -0.15) is 0 Å². The molecule has 1 aromatic heterocycles. The third-order valence-electron chi connectivity index (χ3n) is 2.76. The number of hydrogen-bond donors (Lipinski definition) is 2. The molecule has 0 radical (unpaired) electrons. The molecule has 1 aromatic carbocycles. The van der Waals surface area contributed by atoms with Crippen molar-refractivity contribution in [1.82, 2.24) is 9.97 Å². The fourth-order valence-corrected chi connectivity index (χ4v) is 1.71. The van der Waals surface area contributed by atoms with Crippen LogP contribution in [0.5, 0.6) is 0 Å². The molecule has 0 unspecified atom stereocenters. The Bertz CT molecular complexity index is 711. The Hall–Kier alpha value is -2.71. The van der Waals surface area contributed by atoms with Gasteiger partial charge in [0.05, 0.1) is 24.1 Å². The summed E-state index contributed by atoms with van der Waals surface area (Å²) in [6, 6.07) is 5.65. The lowest BCUT2D eigenvalue weighted by atomic mass is 10.1. The number of aryl methyl sites for hydroxylation is 2. The average molecular weight is 280 g/mol. The van der Waals surface area contributed by atoms with Gasteiger partial charge < -0.3 is 11.1 Å². The maximum atomic E-state index is 12.2. The maximum Gasteiger partial charge on any atom is 0.275 e. The van der Waals surface area contributed by atoms with Crippen LogP contribution in [0.4, 0.5) is 5.69 Å². The number of carbonyl (C=O) groups excluding carboxylic acids is 1. The molecule has 3 N–H and O–H groups in total. The van der Waals surface area contributed by atoms with Crippen LogP contribution in [0, 0.1) is 25.7 Å². The number of nitrogens with two attached hydrogens (primary N) is 1. The van der Waals surface area contributed by atoms with E-state index in [1.54, 1.807) is 6.20 Å². The van der Waals surface area contributed by atoms with Crippen molar-refractivity contribution in [2.75, 3.05) is 11.9 Å². The average Bonchev–Trinajstić information content (AvgIpc) is 2.47. The minimum Gasteiger partial charge on any atom is -0.320 e. The van der Waals surface area contributed by atoms with Gasteiger partial charge in [-0.1, -0.05) is 17.9 Å². The third-order valence-corrected chi connectivity index (χ3v) is 2.76. The molecule has 106 valence electrons. The van der Waals surface area contributed by atoms with Gasteiger partial charge in [-0.25, -0.2) is 4.98 Å². The zero-order valence-corrected chi connectivity index (χ0v) is 12.0. The first kappa shape index (κ1) is 14.7. The van der Waals surface area contributed by atoms with Crippen molar-refractivity contribution in [2.45, 2.75) is 13.8 Å². The molecule has 0 saturated heterocycles. The molecular formula is C16H16N4O. The van der Waals surface area contributed by atoms with Gasteiger partial charge in [-0.05, 0) is 31.5 Å². The Morgan fingerprint density at radius 3 is 2.76 bits per heavy atom. The van der Waals surface area contributed by atoms with E-state index in [1.807, 2.05) is 32.0 Å². The van der Waals surface area contributed by atoms with Crippen molar-refractivity contribution in [3.8, 4) is 11.8 Å². The Morgan fingerprint density at radius 1 is 1.29 bits per heavy atom. The molecule has 1 heterocycles. The molecular weight excluding hydrogens is 264 g/mol. The first-order chi connectivity index (χ1) is 10.1. The SMILES string of the molecule is Cc1ccc(C#CCN)c(NC(=O)c2cnc(C)cn2)c1. The second-order valence-electron chi connectivity index (χ2n) is 4.55. The number of hydrogen-bond acceptors (Lipinski definition) is 4. The monoisotopic (exact) mass is 280 g/mol. The van der Waals surface area contributed by atoms with E-state index in [4.69, 9.17) is 5.73 Å². The maximum absolute atomic E-state index is 12.2. The molecule has 2 rings (SSSR count). The van der Waals surface area contributed by atoms with Crippen LogP contribution in [0.1, 0.15) is 27.3 Å². The highest BCUT2D eigenvalue weighted by molar-refractivity contribution is 6.03. The van der Waals surface area contributed by atoms with Crippen LogP contribution >= 0.6 is 0 Å². The summed E-state index contributed by atoms with van der Waals surface area (Å²) in [4.78, 5) is 20.3. The van der Waals surface area contributed by atoms with Crippen LogP contribution in [-0.4, -0.2) is 22.4 Å². The number of carbonyl (C=O) groups is 1. The van der Waals surface area contributed by atoms with Crippen LogP contribution in [0.2, 0.25) is 0 Å². The molecule has 21 heavy (non-hydrogen) atoms. The lowest BCUT2D eigenvalue weighted by molar-refractivity contribution is 0.102. The molecule has 0 fully saturated rings. The van der Waals surface area contributed by atoms with Gasteiger partial charge in [0.2, 0.25) is 0 Å². The van der Waals surface area contributed by atoms with E-state index in [0.717, 1.165) is 16.8 Å². The summed E-state index contributed by atoms with van der Waals surface area (Å²) >= 11 is 0. The van der Waals surface area contributed by atoms with Crippen LogP contribution in [0.3, 0.4) is 0 Å². The van der Waals surface area contributed by atoms with Gasteiger partial charge in [0.1, 0.15) is 5.69 Å². The number of benzene rings is 1. The summed E-state index contributed by atoms with van der Waals surface area (Å²) in [6.07, 6.45) is 3.01. The summed E-state index contributed by atoms with van der Waals surface area (Å²) < 4.78 is 0. The molecule has 5 heteroatoms. The van der Waals surface area contributed by atoms with Crippen LogP contribution in [-0.2, 0) is 0 Å². The van der Waals surface area contributed by atoms with E-state index in [2.05, 4.69) is 27.1 Å². The zero-order chi connectivity index (χ0) is 15.2. The van der Waals surface area contributed by atoms with Gasteiger partial charge >= 0.3 is 0 Å². The predicted molar refractivity (Wildman–Crippen MR) is 81.8 cm³/mol. The second kappa shape index (κ2) is 6.64. The van der Waals surface area contributed by atoms with E-state index in [0.29, 0.717) is 5.69 Å². The van der Waals surface area contributed by atoms with Gasteiger partial charge in [-0.15, -0.1) is 0 Å². The molecule has 0 atom stereocenters. The normalized spacial score (nSPS) is 9.67. The van der Waals surface area contributed by atoms with Crippen LogP contribution in [0.15, 0.2) is 30.6 Å². The largest absolute Gasteiger partial charge is 0.320 e. The quantitative estimate of drug-likeness (QED) is 0.820. The van der Waals surface area contributed by atoms with Crippen molar-refractivity contribution in [2.24, 2.45) is 5.73 Å². The summed E-state index contributed by atoms with van der Waals surface area (Å²) in [5, 5.41) is 2.81. The van der Waals surface area contributed by atoms with E-state index >= 15 is 0 Å². The number of amides is 1. The van der Waals surface area contributed by atoms with Crippen molar-refractivity contribution < 1.29 is 4.79 Å². The molecule has 2 aromatic rings. The number of nitrogens with zero attached hydrogens (tertiary/aromatic N) is 2. The Kier molecular flexibility index (Phi) is 4.64. The van der Waals surface area contributed by atoms with E-state index in [-0.39, 0.29) is 18.1 Å². The van der Waals surface area contributed by atoms with Gasteiger partial charge in [0.15, 0.2) is 0 Å². The summed E-state index contributed by atoms with van der Waals surface area (Å²) in [5.74, 6) is 5.41. The second-order valence-corrected chi connectivity index (χ2v) is 4.55. The first-order valence-electron chi connectivity index (χ1n) is 6.49. The van der Waals surface area contributed by atoms with Crippen molar-refractivity contribution in [3.05, 3.63) is 53.1 Å². The van der Waals surface area contributed by atoms with Crippen LogP contribution in [0.25, 0.3) is 0 Å². The topological polar surface area (TPSA) is 80.9 Å². The first-order valence-corrected chi connectivity index (χ1v) is 6.49. The van der Waals surface area contributed by atoms with Crippen molar-refractivity contribution in [1.29, 1.82) is 0 Å². The minimum absolute atomic E-state index is 0.264. The van der Waals surface area contributed by atoms with Crippen molar-refractivity contribution >= 4 is 11.6 Å². The smallest absolute Gasteiger partial charge is 0.275 e.